The fraction of sp³-hybridized carbons (Fsp3) is 0.0351. The van der Waals surface area contributed by atoms with Crippen LogP contribution >= 0.6 is 0 Å². The SMILES string of the molecule is N#Cc1ccc(-c2nc3oc4ccccc4c3nc2-n2c3ccccc3c3c4cc(-c5ccc6oc7ccccc7c6c5)ccc4c4c(c32)OCCc2cc3ccccc3cc2-4)cc1. The van der Waals surface area contributed by atoms with Gasteiger partial charge in [-0.1, -0.05) is 109 Å². The van der Waals surface area contributed by atoms with E-state index in [4.69, 9.17) is 23.5 Å². The summed E-state index contributed by atoms with van der Waals surface area (Å²) in [6, 6.07) is 61.1. The fourth-order valence-electron chi connectivity index (χ4n) is 10.2. The Morgan fingerprint density at radius 1 is 0.547 bits per heavy atom. The van der Waals surface area contributed by atoms with Gasteiger partial charge < -0.3 is 13.6 Å². The Bertz CT molecular complexity index is 4190. The zero-order valence-corrected chi connectivity index (χ0v) is 34.1. The summed E-state index contributed by atoms with van der Waals surface area (Å²) >= 11 is 0. The number of rotatable bonds is 3. The molecular weight excluding hydrogens is 789 g/mol. The van der Waals surface area contributed by atoms with Crippen molar-refractivity contribution in [3.05, 3.63) is 181 Å². The van der Waals surface area contributed by atoms with E-state index < -0.39 is 0 Å². The second-order valence-corrected chi connectivity index (χ2v) is 16.6. The van der Waals surface area contributed by atoms with Gasteiger partial charge in [0.1, 0.15) is 28.0 Å². The average molecular weight is 821 g/mol. The third-order valence-electron chi connectivity index (χ3n) is 13.1. The van der Waals surface area contributed by atoms with Crippen LogP contribution in [0.3, 0.4) is 0 Å². The first-order chi connectivity index (χ1) is 31.7. The van der Waals surface area contributed by atoms with Crippen molar-refractivity contribution in [1.82, 2.24) is 14.5 Å². The number of benzene rings is 9. The number of hydrogen-bond donors (Lipinski definition) is 0. The van der Waals surface area contributed by atoms with E-state index in [0.717, 1.165) is 99.9 Å². The first-order valence-corrected chi connectivity index (χ1v) is 21.5. The van der Waals surface area contributed by atoms with Gasteiger partial charge in [-0.3, -0.25) is 4.57 Å². The molecule has 64 heavy (non-hydrogen) atoms. The Hall–Kier alpha value is -8.73. The van der Waals surface area contributed by atoms with Crippen molar-refractivity contribution in [1.29, 1.82) is 5.26 Å². The minimum absolute atomic E-state index is 0.443. The van der Waals surface area contributed by atoms with Crippen LogP contribution in [0.2, 0.25) is 0 Å². The number of ether oxygens (including phenoxy) is 1. The third kappa shape index (κ3) is 4.96. The summed E-state index contributed by atoms with van der Waals surface area (Å²) < 4.78 is 22.0. The van der Waals surface area contributed by atoms with E-state index in [1.165, 1.54) is 16.3 Å². The van der Waals surface area contributed by atoms with E-state index in [2.05, 4.69) is 120 Å². The quantitative estimate of drug-likeness (QED) is 0.176. The lowest BCUT2D eigenvalue weighted by molar-refractivity contribution is 0.329. The topological polar surface area (TPSA) is 90.0 Å². The molecule has 4 aromatic heterocycles. The first-order valence-electron chi connectivity index (χ1n) is 21.5. The molecule has 0 fully saturated rings. The van der Waals surface area contributed by atoms with Gasteiger partial charge in [0, 0.05) is 44.5 Å². The van der Waals surface area contributed by atoms with E-state index in [0.29, 0.717) is 40.5 Å². The minimum Gasteiger partial charge on any atom is -0.490 e. The molecule has 5 heterocycles. The molecule has 0 spiro atoms. The second kappa shape index (κ2) is 13.1. The van der Waals surface area contributed by atoms with Crippen LogP contribution in [0.4, 0.5) is 0 Å². The van der Waals surface area contributed by atoms with Crippen LogP contribution < -0.4 is 4.74 Å². The Balaban J connectivity index is 1.15. The molecule has 0 saturated heterocycles. The predicted octanol–water partition coefficient (Wildman–Crippen LogP) is 14.5. The number of hydrogen-bond acceptors (Lipinski definition) is 6. The molecule has 0 N–H and O–H groups in total. The maximum absolute atomic E-state index is 9.77. The maximum atomic E-state index is 9.77. The van der Waals surface area contributed by atoms with E-state index in [1.54, 1.807) is 0 Å². The van der Waals surface area contributed by atoms with Crippen LogP contribution in [0.1, 0.15) is 11.1 Å². The summed E-state index contributed by atoms with van der Waals surface area (Å²) in [5.41, 5.74) is 13.1. The van der Waals surface area contributed by atoms with Gasteiger partial charge in [0.15, 0.2) is 11.6 Å². The van der Waals surface area contributed by atoms with Crippen molar-refractivity contribution in [2.45, 2.75) is 6.42 Å². The number of fused-ring (bicyclic) bond motifs is 17. The van der Waals surface area contributed by atoms with Crippen LogP contribution in [0.15, 0.2) is 179 Å². The summed E-state index contributed by atoms with van der Waals surface area (Å²) in [6.45, 7) is 0.497. The van der Waals surface area contributed by atoms with Gasteiger partial charge in [-0.05, 0) is 104 Å². The molecule has 14 rings (SSSR count). The number of para-hydroxylation sites is 3. The highest BCUT2D eigenvalue weighted by atomic mass is 16.5. The molecule has 1 aliphatic heterocycles. The van der Waals surface area contributed by atoms with Crippen molar-refractivity contribution in [3.8, 4) is 51.1 Å². The van der Waals surface area contributed by atoms with Gasteiger partial charge in [0.2, 0.25) is 5.71 Å². The fourth-order valence-corrected chi connectivity index (χ4v) is 10.2. The lowest BCUT2D eigenvalue weighted by atomic mass is 9.88. The lowest BCUT2D eigenvalue weighted by Gasteiger charge is -2.19. The molecule has 7 heteroatoms. The normalized spacial score (nSPS) is 12.7. The van der Waals surface area contributed by atoms with Crippen LogP contribution in [-0.4, -0.2) is 21.1 Å². The van der Waals surface area contributed by atoms with E-state index in [1.807, 2.05) is 60.7 Å². The highest BCUT2D eigenvalue weighted by Gasteiger charge is 2.30. The second-order valence-electron chi connectivity index (χ2n) is 16.6. The molecule has 298 valence electrons. The summed E-state index contributed by atoms with van der Waals surface area (Å²) in [7, 11) is 0. The smallest absolute Gasteiger partial charge is 0.247 e. The highest BCUT2D eigenvalue weighted by molar-refractivity contribution is 6.28. The largest absolute Gasteiger partial charge is 0.490 e. The van der Waals surface area contributed by atoms with E-state index in [-0.39, 0.29) is 0 Å². The van der Waals surface area contributed by atoms with Crippen molar-refractivity contribution >= 4 is 87.5 Å². The van der Waals surface area contributed by atoms with Crippen molar-refractivity contribution in [3.63, 3.8) is 0 Å². The first kappa shape index (κ1) is 34.9. The Morgan fingerprint density at radius 3 is 2.05 bits per heavy atom. The molecule has 0 unspecified atom stereocenters. The number of aromatic nitrogens is 3. The predicted molar refractivity (Wildman–Crippen MR) is 256 cm³/mol. The zero-order chi connectivity index (χ0) is 42.0. The molecule has 0 atom stereocenters. The van der Waals surface area contributed by atoms with Crippen LogP contribution in [-0.2, 0) is 6.42 Å². The molecule has 9 aromatic carbocycles. The van der Waals surface area contributed by atoms with Crippen molar-refractivity contribution in [2.75, 3.05) is 6.61 Å². The lowest BCUT2D eigenvalue weighted by Crippen LogP contribution is -2.05. The van der Waals surface area contributed by atoms with Gasteiger partial charge in [0.25, 0.3) is 0 Å². The van der Waals surface area contributed by atoms with Gasteiger partial charge in [-0.25, -0.2) is 9.97 Å². The van der Waals surface area contributed by atoms with Gasteiger partial charge in [-0.15, -0.1) is 0 Å². The molecule has 1 aliphatic rings. The molecular formula is C57H32N4O3. The van der Waals surface area contributed by atoms with Crippen LogP contribution in [0.5, 0.6) is 5.75 Å². The monoisotopic (exact) mass is 820 g/mol. The molecule has 13 aromatic rings. The van der Waals surface area contributed by atoms with E-state index >= 15 is 0 Å². The Labute approximate surface area is 364 Å². The van der Waals surface area contributed by atoms with Crippen molar-refractivity contribution in [2.24, 2.45) is 0 Å². The molecule has 0 saturated carbocycles. The molecule has 0 radical (unpaired) electrons. The Kier molecular flexibility index (Phi) is 7.17. The summed E-state index contributed by atoms with van der Waals surface area (Å²) in [5, 5.41) is 19.5. The number of nitrogens with zero attached hydrogens (tertiary/aromatic N) is 4. The summed E-state index contributed by atoms with van der Waals surface area (Å²) in [5.74, 6) is 1.44. The van der Waals surface area contributed by atoms with Crippen molar-refractivity contribution < 1.29 is 13.6 Å². The zero-order valence-electron chi connectivity index (χ0n) is 34.1. The van der Waals surface area contributed by atoms with Gasteiger partial charge in [0.05, 0.1) is 29.3 Å². The van der Waals surface area contributed by atoms with Gasteiger partial charge >= 0.3 is 0 Å². The summed E-state index contributed by atoms with van der Waals surface area (Å²) in [4.78, 5) is 10.8. The highest BCUT2D eigenvalue weighted by Crippen LogP contribution is 2.52. The van der Waals surface area contributed by atoms with Crippen LogP contribution in [0, 0.1) is 11.3 Å². The average Bonchev–Trinajstić information content (AvgIpc) is 3.98. The third-order valence-corrected chi connectivity index (χ3v) is 13.1. The van der Waals surface area contributed by atoms with Gasteiger partial charge in [-0.2, -0.15) is 5.26 Å². The number of furan rings is 2. The molecule has 0 bridgehead atoms. The maximum Gasteiger partial charge on any atom is 0.247 e. The Morgan fingerprint density at radius 2 is 1.22 bits per heavy atom. The minimum atomic E-state index is 0.443. The summed E-state index contributed by atoms with van der Waals surface area (Å²) in [6.07, 6.45) is 0.748. The molecule has 0 aliphatic carbocycles. The van der Waals surface area contributed by atoms with E-state index in [9.17, 15) is 5.26 Å². The molecule has 0 amide bonds. The standard InChI is InChI=1S/C57H32N4O3/c58-31-32-17-19-33(20-18-32)52-56(59-53-42-13-5-8-16-48(42)64-57(53)60-52)61-46-14-6-3-12-41(46)50-45-30-36(37-22-24-49-44(29-37)39-11-4-7-15-47(39)63-49)21-23-40(45)51-43-28-35-10-2-1-9-34(35)27-38(43)25-26-62-55(51)54(50)61/h1-24,27-30H,25-26H2. The van der Waals surface area contributed by atoms with Crippen LogP contribution in [0.25, 0.3) is 127 Å². The number of nitriles is 1. The molecule has 7 nitrogen and oxygen atoms in total.